The van der Waals surface area contributed by atoms with Crippen molar-refractivity contribution in [2.24, 2.45) is 0 Å². The van der Waals surface area contributed by atoms with E-state index in [-0.39, 0.29) is 28.1 Å². The van der Waals surface area contributed by atoms with Crippen LogP contribution in [-0.2, 0) is 0 Å². The minimum absolute atomic E-state index is 0.00241. The van der Waals surface area contributed by atoms with E-state index in [1.807, 2.05) is 0 Å². The highest BCUT2D eigenvalue weighted by Crippen LogP contribution is 2.17. The van der Waals surface area contributed by atoms with Crippen molar-refractivity contribution in [3.63, 3.8) is 0 Å². The molecule has 0 aliphatic carbocycles. The molecule has 0 aliphatic heterocycles. The Morgan fingerprint density at radius 2 is 1.48 bits per heavy atom. The fourth-order valence-electron chi connectivity index (χ4n) is 2.45. The molecule has 0 atom stereocenters. The van der Waals surface area contributed by atoms with Crippen LogP contribution in [0.25, 0.3) is 5.82 Å². The maximum Gasteiger partial charge on any atom is 0.338 e. The van der Waals surface area contributed by atoms with Crippen molar-refractivity contribution in [1.29, 1.82) is 0 Å². The lowest BCUT2D eigenvalue weighted by molar-refractivity contribution is -0.385. The van der Waals surface area contributed by atoms with Gasteiger partial charge in [-0.15, -0.1) is 0 Å². The number of benzene rings is 1. The minimum atomic E-state index is -1.12. The molecule has 2 heterocycles. The van der Waals surface area contributed by atoms with Crippen molar-refractivity contribution in [2.75, 3.05) is 0 Å². The Labute approximate surface area is 174 Å². The zero-order valence-electron chi connectivity index (χ0n) is 16.2. The predicted octanol–water partition coefficient (Wildman–Crippen LogP) is 2.57. The first-order valence-electron chi connectivity index (χ1n) is 8.48. The van der Waals surface area contributed by atoms with Crippen molar-refractivity contribution in [3.8, 4) is 5.82 Å². The van der Waals surface area contributed by atoms with E-state index in [0.29, 0.717) is 11.4 Å². The Hall–Kier alpha value is -4.61. The van der Waals surface area contributed by atoms with Crippen LogP contribution in [0.1, 0.15) is 42.3 Å². The lowest BCUT2D eigenvalue weighted by atomic mass is 10.1. The second-order valence-corrected chi connectivity index (χ2v) is 6.21. The van der Waals surface area contributed by atoms with Crippen LogP contribution in [0.15, 0.2) is 42.7 Å². The van der Waals surface area contributed by atoms with Gasteiger partial charge in [0.15, 0.2) is 5.82 Å². The maximum absolute atomic E-state index is 10.7. The van der Waals surface area contributed by atoms with Crippen LogP contribution in [0, 0.1) is 24.0 Å². The second-order valence-electron chi connectivity index (χ2n) is 6.21. The summed E-state index contributed by atoms with van der Waals surface area (Å²) in [6.07, 6.45) is 2.47. The molecule has 0 fully saturated rings. The van der Waals surface area contributed by atoms with Gasteiger partial charge in [0.25, 0.3) is 5.69 Å². The average molecular weight is 428 g/mol. The Bertz CT molecular complexity index is 1150. The lowest BCUT2D eigenvalue weighted by Crippen LogP contribution is -2.02. The molecular weight excluding hydrogens is 412 g/mol. The van der Waals surface area contributed by atoms with Gasteiger partial charge >= 0.3 is 17.9 Å². The molecule has 31 heavy (non-hydrogen) atoms. The largest absolute Gasteiger partial charge is 0.478 e. The number of rotatable bonds is 5. The van der Waals surface area contributed by atoms with Gasteiger partial charge in [-0.2, -0.15) is 5.10 Å². The smallest absolute Gasteiger partial charge is 0.338 e. The van der Waals surface area contributed by atoms with E-state index in [4.69, 9.17) is 15.3 Å². The number of nitrogens with zero attached hydrogens (tertiary/aromatic N) is 4. The summed E-state index contributed by atoms with van der Waals surface area (Å²) in [6.45, 7) is 3.15. The van der Waals surface area contributed by atoms with Gasteiger partial charge in [0, 0.05) is 12.3 Å². The molecule has 0 unspecified atom stereocenters. The molecule has 12 heteroatoms. The highest BCUT2D eigenvalue weighted by Gasteiger charge is 2.14. The zero-order chi connectivity index (χ0) is 23.3. The van der Waals surface area contributed by atoms with E-state index in [2.05, 4.69) is 10.1 Å². The normalized spacial score (nSPS) is 10.0. The molecule has 0 spiro atoms. The molecule has 3 N–H and O–H groups in total. The first-order chi connectivity index (χ1) is 14.5. The molecule has 160 valence electrons. The summed E-state index contributed by atoms with van der Waals surface area (Å²) in [7, 11) is 0. The number of hydrogen-bond acceptors (Lipinski definition) is 7. The van der Waals surface area contributed by atoms with Crippen molar-refractivity contribution in [1.82, 2.24) is 14.8 Å². The number of carbonyl (C=O) groups is 3. The molecule has 1 aromatic carbocycles. The van der Waals surface area contributed by atoms with E-state index >= 15 is 0 Å². The zero-order valence-corrected chi connectivity index (χ0v) is 16.2. The van der Waals surface area contributed by atoms with Crippen LogP contribution in [-0.4, -0.2) is 52.9 Å². The number of aromatic nitrogens is 3. The van der Waals surface area contributed by atoms with Gasteiger partial charge in [0.1, 0.15) is 5.69 Å². The number of aromatic carboxylic acids is 3. The van der Waals surface area contributed by atoms with E-state index in [1.54, 1.807) is 6.92 Å². The van der Waals surface area contributed by atoms with Crippen LogP contribution in [0.3, 0.4) is 0 Å². The van der Waals surface area contributed by atoms with E-state index < -0.39 is 22.8 Å². The summed E-state index contributed by atoms with van der Waals surface area (Å²) in [4.78, 5) is 45.9. The molecule has 0 saturated heterocycles. The molecule has 0 amide bonds. The van der Waals surface area contributed by atoms with Crippen LogP contribution >= 0.6 is 0 Å². The SMILES string of the molecule is Cc1cc(C(=O)O)cc(C(=O)O)c1.Cc1nc(-n2cc(C(=O)O)cn2)ccc1[N+](=O)[O-]. The molecule has 3 rings (SSSR count). The van der Waals surface area contributed by atoms with Gasteiger partial charge < -0.3 is 15.3 Å². The molecule has 0 radical (unpaired) electrons. The van der Waals surface area contributed by atoms with Gasteiger partial charge in [-0.1, -0.05) is 0 Å². The van der Waals surface area contributed by atoms with Crippen molar-refractivity contribution in [3.05, 3.63) is 80.8 Å². The summed E-state index contributed by atoms with van der Waals surface area (Å²) in [5, 5.41) is 40.5. The third-order valence-electron chi connectivity index (χ3n) is 3.88. The van der Waals surface area contributed by atoms with Gasteiger partial charge in [-0.3, -0.25) is 10.1 Å². The van der Waals surface area contributed by atoms with Crippen LogP contribution in [0.2, 0.25) is 0 Å². The molecule has 0 bridgehead atoms. The van der Waals surface area contributed by atoms with Crippen molar-refractivity contribution < 1.29 is 34.6 Å². The Morgan fingerprint density at radius 1 is 0.935 bits per heavy atom. The number of carboxylic acid groups (broad SMARTS) is 3. The Morgan fingerprint density at radius 3 is 1.90 bits per heavy atom. The molecule has 3 aromatic rings. The van der Waals surface area contributed by atoms with Gasteiger partial charge in [-0.25, -0.2) is 24.0 Å². The van der Waals surface area contributed by atoms with Gasteiger partial charge in [0.2, 0.25) is 0 Å². The van der Waals surface area contributed by atoms with E-state index in [1.165, 1.54) is 48.3 Å². The second kappa shape index (κ2) is 9.26. The van der Waals surface area contributed by atoms with Crippen LogP contribution in [0.5, 0.6) is 0 Å². The highest BCUT2D eigenvalue weighted by atomic mass is 16.6. The predicted molar refractivity (Wildman–Crippen MR) is 105 cm³/mol. The van der Waals surface area contributed by atoms with Gasteiger partial charge in [0.05, 0.1) is 27.8 Å². The van der Waals surface area contributed by atoms with Crippen molar-refractivity contribution in [2.45, 2.75) is 13.8 Å². The summed E-state index contributed by atoms with van der Waals surface area (Å²) >= 11 is 0. The summed E-state index contributed by atoms with van der Waals surface area (Å²) < 4.78 is 1.25. The lowest BCUT2D eigenvalue weighted by Gasteiger charge is -2.01. The first-order valence-corrected chi connectivity index (χ1v) is 8.48. The van der Waals surface area contributed by atoms with Gasteiger partial charge in [-0.05, 0) is 43.7 Å². The number of hydrogen-bond donors (Lipinski definition) is 3. The summed E-state index contributed by atoms with van der Waals surface area (Å²) in [5.74, 6) is -3.01. The van der Waals surface area contributed by atoms with Crippen molar-refractivity contribution >= 4 is 23.6 Å². The number of carboxylic acids is 3. The minimum Gasteiger partial charge on any atom is -0.478 e. The third kappa shape index (κ3) is 5.69. The number of pyridine rings is 1. The Balaban J connectivity index is 0.000000233. The third-order valence-corrected chi connectivity index (χ3v) is 3.88. The Kier molecular flexibility index (Phi) is 6.77. The number of aryl methyl sites for hydroxylation is 2. The molecular formula is C19H16N4O8. The standard InChI is InChI=1S/C10H8N4O4.C9H8O4/c1-6-8(14(17)18)2-3-9(12-6)13-5-7(4-11-13)10(15)16;1-5-2-6(8(10)11)4-7(3-5)9(12)13/h2-5H,1H3,(H,15,16);2-4H,1H3,(H,10,11)(H,12,13). The summed E-state index contributed by atoms with van der Waals surface area (Å²) in [5.41, 5.74) is 0.786. The van der Waals surface area contributed by atoms with E-state index in [9.17, 15) is 24.5 Å². The monoisotopic (exact) mass is 428 g/mol. The fraction of sp³-hybridized carbons (Fsp3) is 0.105. The van der Waals surface area contributed by atoms with Crippen LogP contribution in [0.4, 0.5) is 5.69 Å². The molecule has 0 saturated carbocycles. The van der Waals surface area contributed by atoms with Crippen LogP contribution < -0.4 is 0 Å². The average Bonchev–Trinajstić information content (AvgIpc) is 3.18. The maximum atomic E-state index is 10.7. The first kappa shape index (κ1) is 22.7. The summed E-state index contributed by atoms with van der Waals surface area (Å²) in [6, 6.07) is 6.70. The fourth-order valence-corrected chi connectivity index (χ4v) is 2.45. The van der Waals surface area contributed by atoms with E-state index in [0.717, 1.165) is 6.07 Å². The topological polar surface area (TPSA) is 186 Å². The molecule has 0 aliphatic rings. The molecule has 2 aromatic heterocycles. The quantitative estimate of drug-likeness (QED) is 0.403. The highest BCUT2D eigenvalue weighted by molar-refractivity contribution is 5.94. The number of nitro groups is 1. The molecule has 12 nitrogen and oxygen atoms in total.